The van der Waals surface area contributed by atoms with E-state index in [2.05, 4.69) is 30.7 Å². The summed E-state index contributed by atoms with van der Waals surface area (Å²) in [6.45, 7) is 4.41. The van der Waals surface area contributed by atoms with E-state index in [-0.39, 0.29) is 11.8 Å². The minimum atomic E-state index is -0.113. The highest BCUT2D eigenvalue weighted by molar-refractivity contribution is 7.07. The molecule has 1 amide bonds. The van der Waals surface area contributed by atoms with Gasteiger partial charge in [0, 0.05) is 38.1 Å². The summed E-state index contributed by atoms with van der Waals surface area (Å²) in [6.07, 6.45) is 3.84. The van der Waals surface area contributed by atoms with Crippen LogP contribution in [0.4, 0.5) is 0 Å². The SMILES string of the molecule is O=C(C1CCCc2n[nH]nc21)N1CCCN(Cc2cscn2)CC1. The summed E-state index contributed by atoms with van der Waals surface area (Å²) in [6, 6.07) is 0. The van der Waals surface area contributed by atoms with E-state index in [0.29, 0.717) is 0 Å². The van der Waals surface area contributed by atoms with Gasteiger partial charge < -0.3 is 4.90 Å². The number of aromatic nitrogens is 4. The number of nitrogens with one attached hydrogen (secondary N) is 1. The van der Waals surface area contributed by atoms with E-state index in [0.717, 1.165) is 75.5 Å². The van der Waals surface area contributed by atoms with Crippen molar-refractivity contribution in [2.45, 2.75) is 38.1 Å². The van der Waals surface area contributed by atoms with E-state index in [1.54, 1.807) is 11.3 Å². The summed E-state index contributed by atoms with van der Waals surface area (Å²) >= 11 is 1.63. The van der Waals surface area contributed by atoms with Gasteiger partial charge in [-0.05, 0) is 25.7 Å². The highest BCUT2D eigenvalue weighted by atomic mass is 32.1. The van der Waals surface area contributed by atoms with E-state index in [4.69, 9.17) is 0 Å². The van der Waals surface area contributed by atoms with Crippen LogP contribution in [0.1, 0.15) is 42.3 Å². The van der Waals surface area contributed by atoms with E-state index < -0.39 is 0 Å². The van der Waals surface area contributed by atoms with Crippen molar-refractivity contribution >= 4 is 17.2 Å². The van der Waals surface area contributed by atoms with Crippen molar-refractivity contribution in [3.63, 3.8) is 0 Å². The molecular weight excluding hydrogens is 324 g/mol. The van der Waals surface area contributed by atoms with Crippen LogP contribution in [-0.2, 0) is 17.8 Å². The highest BCUT2D eigenvalue weighted by Gasteiger charge is 2.33. The van der Waals surface area contributed by atoms with Crippen molar-refractivity contribution in [2.75, 3.05) is 26.2 Å². The van der Waals surface area contributed by atoms with Crippen LogP contribution in [-0.4, -0.2) is 62.3 Å². The molecule has 1 aliphatic heterocycles. The van der Waals surface area contributed by atoms with Gasteiger partial charge in [-0.3, -0.25) is 9.69 Å². The van der Waals surface area contributed by atoms with Crippen LogP contribution >= 0.6 is 11.3 Å². The van der Waals surface area contributed by atoms with Crippen LogP contribution in [0.15, 0.2) is 10.9 Å². The van der Waals surface area contributed by atoms with Crippen molar-refractivity contribution in [2.24, 2.45) is 0 Å². The average Bonchev–Trinajstić information content (AvgIpc) is 3.22. The van der Waals surface area contributed by atoms with Crippen molar-refractivity contribution in [3.8, 4) is 0 Å². The maximum atomic E-state index is 13.0. The first-order valence-electron chi connectivity index (χ1n) is 8.59. The third-order valence-electron chi connectivity index (χ3n) is 4.95. The molecule has 8 heteroatoms. The zero-order chi connectivity index (χ0) is 16.4. The molecule has 4 rings (SSSR count). The van der Waals surface area contributed by atoms with Gasteiger partial charge in [0.25, 0.3) is 0 Å². The fraction of sp³-hybridized carbons (Fsp3) is 0.625. The zero-order valence-corrected chi connectivity index (χ0v) is 14.5. The van der Waals surface area contributed by atoms with Gasteiger partial charge in [0.15, 0.2) is 0 Å². The van der Waals surface area contributed by atoms with Gasteiger partial charge in [0.1, 0.15) is 0 Å². The molecular formula is C16H22N6OS. The number of hydrogen-bond donors (Lipinski definition) is 1. The first kappa shape index (κ1) is 15.7. The normalized spacial score (nSPS) is 22.2. The molecule has 2 aliphatic rings. The van der Waals surface area contributed by atoms with Crippen LogP contribution in [0.5, 0.6) is 0 Å². The maximum Gasteiger partial charge on any atom is 0.231 e. The first-order valence-corrected chi connectivity index (χ1v) is 9.53. The number of rotatable bonds is 3. The average molecular weight is 346 g/mol. The van der Waals surface area contributed by atoms with Crippen LogP contribution < -0.4 is 0 Å². The molecule has 0 radical (unpaired) electrons. The number of fused-ring (bicyclic) bond motifs is 1. The molecule has 1 N–H and O–H groups in total. The molecule has 0 spiro atoms. The minimum absolute atomic E-state index is 0.113. The molecule has 0 saturated carbocycles. The molecule has 2 aromatic rings. The zero-order valence-electron chi connectivity index (χ0n) is 13.6. The van der Waals surface area contributed by atoms with Gasteiger partial charge in [-0.2, -0.15) is 15.4 Å². The van der Waals surface area contributed by atoms with E-state index in [9.17, 15) is 4.79 Å². The van der Waals surface area contributed by atoms with Crippen LogP contribution in [0.25, 0.3) is 0 Å². The molecule has 1 aliphatic carbocycles. The maximum absolute atomic E-state index is 13.0. The molecule has 1 saturated heterocycles. The Labute approximate surface area is 145 Å². The number of hydrogen-bond acceptors (Lipinski definition) is 6. The summed E-state index contributed by atoms with van der Waals surface area (Å²) in [5.74, 6) is 0.109. The van der Waals surface area contributed by atoms with Gasteiger partial charge >= 0.3 is 0 Å². The summed E-state index contributed by atoms with van der Waals surface area (Å²) in [5.41, 5.74) is 4.84. The molecule has 1 fully saturated rings. The van der Waals surface area contributed by atoms with Crippen molar-refractivity contribution in [3.05, 3.63) is 28.0 Å². The predicted molar refractivity (Wildman–Crippen MR) is 90.6 cm³/mol. The number of nitrogens with zero attached hydrogens (tertiary/aromatic N) is 5. The van der Waals surface area contributed by atoms with Gasteiger partial charge in [-0.15, -0.1) is 11.3 Å². The lowest BCUT2D eigenvalue weighted by atomic mass is 9.88. The Kier molecular flexibility index (Phi) is 4.57. The second kappa shape index (κ2) is 6.98. The first-order chi connectivity index (χ1) is 11.8. The molecule has 1 unspecified atom stereocenters. The predicted octanol–water partition coefficient (Wildman–Crippen LogP) is 1.42. The molecule has 128 valence electrons. The summed E-state index contributed by atoms with van der Waals surface area (Å²) < 4.78 is 0. The Bertz CT molecular complexity index is 685. The number of aryl methyl sites for hydroxylation is 1. The summed E-state index contributed by atoms with van der Waals surface area (Å²) in [7, 11) is 0. The van der Waals surface area contributed by atoms with Crippen LogP contribution in [0.3, 0.4) is 0 Å². The quantitative estimate of drug-likeness (QED) is 0.909. The molecule has 3 heterocycles. The Morgan fingerprint density at radius 1 is 1.25 bits per heavy atom. The molecule has 24 heavy (non-hydrogen) atoms. The third kappa shape index (κ3) is 3.21. The number of amides is 1. The van der Waals surface area contributed by atoms with Crippen LogP contribution in [0.2, 0.25) is 0 Å². The topological polar surface area (TPSA) is 78.0 Å². The monoisotopic (exact) mass is 346 g/mol. The van der Waals surface area contributed by atoms with Crippen molar-refractivity contribution in [1.29, 1.82) is 0 Å². The van der Waals surface area contributed by atoms with Crippen molar-refractivity contribution in [1.82, 2.24) is 30.2 Å². The number of thiazole rings is 1. The molecule has 0 aromatic carbocycles. The lowest BCUT2D eigenvalue weighted by Crippen LogP contribution is -2.39. The number of H-pyrrole nitrogens is 1. The van der Waals surface area contributed by atoms with E-state index >= 15 is 0 Å². The van der Waals surface area contributed by atoms with Gasteiger partial charge in [0.2, 0.25) is 5.91 Å². The minimum Gasteiger partial charge on any atom is -0.341 e. The largest absolute Gasteiger partial charge is 0.341 e. The second-order valence-electron chi connectivity index (χ2n) is 6.54. The Balaban J connectivity index is 1.40. The smallest absolute Gasteiger partial charge is 0.231 e. The third-order valence-corrected chi connectivity index (χ3v) is 5.59. The summed E-state index contributed by atoms with van der Waals surface area (Å²) in [5, 5.41) is 13.2. The summed E-state index contributed by atoms with van der Waals surface area (Å²) in [4.78, 5) is 21.8. The lowest BCUT2D eigenvalue weighted by molar-refractivity contribution is -0.133. The molecule has 7 nitrogen and oxygen atoms in total. The lowest BCUT2D eigenvalue weighted by Gasteiger charge is -2.27. The number of carbonyl (C=O) groups excluding carboxylic acids is 1. The standard InChI is InChI=1S/C16H22N6OS/c23-16(13-3-1-4-14-15(13)19-20-18-14)22-6-2-5-21(7-8-22)9-12-10-24-11-17-12/h10-11,13H,1-9H2,(H,18,19,20). The molecule has 2 aromatic heterocycles. The van der Waals surface area contributed by atoms with Gasteiger partial charge in [-0.1, -0.05) is 0 Å². The Hall–Kier alpha value is -1.80. The van der Waals surface area contributed by atoms with Gasteiger partial charge in [-0.25, -0.2) is 4.98 Å². The van der Waals surface area contributed by atoms with E-state index in [1.165, 1.54) is 0 Å². The highest BCUT2D eigenvalue weighted by Crippen LogP contribution is 2.30. The van der Waals surface area contributed by atoms with Crippen LogP contribution in [0, 0.1) is 0 Å². The Morgan fingerprint density at radius 3 is 3.08 bits per heavy atom. The molecule has 1 atom stereocenters. The van der Waals surface area contributed by atoms with E-state index in [1.807, 2.05) is 10.4 Å². The van der Waals surface area contributed by atoms with Gasteiger partial charge in [0.05, 0.1) is 28.5 Å². The fourth-order valence-corrected chi connectivity index (χ4v) is 4.24. The number of carbonyl (C=O) groups is 1. The Morgan fingerprint density at radius 2 is 2.21 bits per heavy atom. The second-order valence-corrected chi connectivity index (χ2v) is 7.25. The molecule has 0 bridgehead atoms. The fourth-order valence-electron chi connectivity index (χ4n) is 3.69. The number of aromatic amines is 1. The van der Waals surface area contributed by atoms with Crippen molar-refractivity contribution < 1.29 is 4.79 Å².